The highest BCUT2D eigenvalue weighted by Gasteiger charge is 2.21. The number of hydrogen-bond acceptors (Lipinski definition) is 0. The van der Waals surface area contributed by atoms with Crippen molar-refractivity contribution in [2.75, 3.05) is 0 Å². The van der Waals surface area contributed by atoms with E-state index in [-0.39, 0.29) is 12.4 Å². The zero-order chi connectivity index (χ0) is 7.52. The molecule has 2 heteroatoms. The average molecular weight is 206 g/mol. The summed E-state index contributed by atoms with van der Waals surface area (Å²) in [7, 11) is 1.34. The van der Waals surface area contributed by atoms with Crippen LogP contribution in [0.3, 0.4) is 0 Å². The van der Waals surface area contributed by atoms with Gasteiger partial charge in [0.25, 0.3) is 0 Å². The zero-order valence-corrected chi connectivity index (χ0v) is 9.45. The SMILES string of the molecule is C1CCC(PC2CCCC2)C1.[Cl-]. The minimum absolute atomic E-state index is 0. The second-order valence-electron chi connectivity index (χ2n) is 4.13. The molecule has 0 amide bonds. The molecule has 0 N–H and O–H groups in total. The van der Waals surface area contributed by atoms with Gasteiger partial charge < -0.3 is 12.4 Å². The summed E-state index contributed by atoms with van der Waals surface area (Å²) < 4.78 is 0. The molecule has 12 heavy (non-hydrogen) atoms. The summed E-state index contributed by atoms with van der Waals surface area (Å²) in [6.07, 6.45) is 12.4. The van der Waals surface area contributed by atoms with Crippen LogP contribution in [0.5, 0.6) is 0 Å². The van der Waals surface area contributed by atoms with E-state index in [1.807, 2.05) is 0 Å². The van der Waals surface area contributed by atoms with E-state index in [4.69, 9.17) is 0 Å². The van der Waals surface area contributed by atoms with Crippen LogP contribution in [-0.2, 0) is 0 Å². The third-order valence-corrected chi connectivity index (χ3v) is 5.28. The second-order valence-corrected chi connectivity index (χ2v) is 6.10. The molecule has 0 bridgehead atoms. The summed E-state index contributed by atoms with van der Waals surface area (Å²) in [5.74, 6) is 0. The first-order valence-electron chi connectivity index (χ1n) is 5.21. The number of rotatable bonds is 2. The van der Waals surface area contributed by atoms with Crippen molar-refractivity contribution >= 4 is 8.58 Å². The quantitative estimate of drug-likeness (QED) is 0.578. The molecule has 2 aliphatic carbocycles. The fourth-order valence-electron chi connectivity index (χ4n) is 2.52. The van der Waals surface area contributed by atoms with E-state index in [1.54, 1.807) is 25.7 Å². The summed E-state index contributed by atoms with van der Waals surface area (Å²) >= 11 is 0. The Bertz CT molecular complexity index is 101. The van der Waals surface area contributed by atoms with E-state index in [1.165, 1.54) is 34.3 Å². The van der Waals surface area contributed by atoms with Crippen LogP contribution < -0.4 is 12.4 Å². The van der Waals surface area contributed by atoms with E-state index >= 15 is 0 Å². The van der Waals surface area contributed by atoms with Gasteiger partial charge >= 0.3 is 0 Å². The number of hydrogen-bond donors (Lipinski definition) is 0. The van der Waals surface area contributed by atoms with Crippen LogP contribution in [0.1, 0.15) is 51.4 Å². The summed E-state index contributed by atoms with van der Waals surface area (Å²) in [6.45, 7) is 0. The van der Waals surface area contributed by atoms with Gasteiger partial charge in [-0.2, -0.15) is 0 Å². The molecule has 0 radical (unpaired) electrons. The molecule has 0 aromatic carbocycles. The topological polar surface area (TPSA) is 0 Å². The van der Waals surface area contributed by atoms with Crippen LogP contribution in [0.2, 0.25) is 0 Å². The molecular formula is C10H19ClP-. The van der Waals surface area contributed by atoms with Gasteiger partial charge in [-0.25, -0.2) is 0 Å². The second kappa shape index (κ2) is 5.45. The Labute approximate surface area is 84.1 Å². The smallest absolute Gasteiger partial charge is 0.0234 e. The van der Waals surface area contributed by atoms with Crippen molar-refractivity contribution in [3.63, 3.8) is 0 Å². The van der Waals surface area contributed by atoms with E-state index in [9.17, 15) is 0 Å². The van der Waals surface area contributed by atoms with Crippen LogP contribution in [-0.4, -0.2) is 11.3 Å². The summed E-state index contributed by atoms with van der Waals surface area (Å²) in [4.78, 5) is 0. The molecule has 72 valence electrons. The molecule has 2 rings (SSSR count). The van der Waals surface area contributed by atoms with Crippen molar-refractivity contribution in [3.8, 4) is 0 Å². The van der Waals surface area contributed by atoms with Gasteiger partial charge in [0.2, 0.25) is 0 Å². The van der Waals surface area contributed by atoms with Crippen molar-refractivity contribution < 1.29 is 12.4 Å². The molecule has 2 saturated carbocycles. The highest BCUT2D eigenvalue weighted by atomic mass is 35.5. The Kier molecular flexibility index (Phi) is 4.90. The monoisotopic (exact) mass is 205 g/mol. The molecule has 0 spiro atoms. The maximum absolute atomic E-state index is 1.56. The Balaban J connectivity index is 0.000000720. The molecule has 0 saturated heterocycles. The molecule has 0 aromatic rings. The van der Waals surface area contributed by atoms with Gasteiger partial charge in [-0.1, -0.05) is 25.7 Å². The lowest BCUT2D eigenvalue weighted by atomic mass is 10.4. The fourth-order valence-corrected chi connectivity index (χ4v) is 4.67. The van der Waals surface area contributed by atoms with Crippen LogP contribution >= 0.6 is 8.58 Å². The van der Waals surface area contributed by atoms with Crippen LogP contribution in [0.25, 0.3) is 0 Å². The molecule has 0 aliphatic heterocycles. The lowest BCUT2D eigenvalue weighted by Gasteiger charge is -2.14. The first-order valence-corrected chi connectivity index (χ1v) is 6.37. The van der Waals surface area contributed by atoms with Gasteiger partial charge in [0, 0.05) is 0 Å². The highest BCUT2D eigenvalue weighted by molar-refractivity contribution is 7.39. The fraction of sp³-hybridized carbons (Fsp3) is 1.00. The molecule has 0 nitrogen and oxygen atoms in total. The third-order valence-electron chi connectivity index (χ3n) is 3.18. The predicted molar refractivity (Wildman–Crippen MR) is 52.8 cm³/mol. The van der Waals surface area contributed by atoms with E-state index in [0.29, 0.717) is 0 Å². The predicted octanol–water partition coefficient (Wildman–Crippen LogP) is 0.554. The molecule has 0 atom stereocenters. The van der Waals surface area contributed by atoms with Crippen molar-refractivity contribution in [1.82, 2.24) is 0 Å². The van der Waals surface area contributed by atoms with Crippen molar-refractivity contribution in [2.24, 2.45) is 0 Å². The van der Waals surface area contributed by atoms with Gasteiger partial charge in [0.05, 0.1) is 0 Å². The van der Waals surface area contributed by atoms with E-state index in [0.717, 1.165) is 11.3 Å². The van der Waals surface area contributed by atoms with Gasteiger partial charge in [-0.15, -0.1) is 8.58 Å². The summed E-state index contributed by atoms with van der Waals surface area (Å²) in [5, 5.41) is 0. The normalized spacial score (nSPS) is 26.0. The lowest BCUT2D eigenvalue weighted by Crippen LogP contribution is -3.00. The van der Waals surface area contributed by atoms with Gasteiger partial charge in [0.1, 0.15) is 0 Å². The van der Waals surface area contributed by atoms with Gasteiger partial charge in [0.15, 0.2) is 0 Å². The van der Waals surface area contributed by atoms with E-state index < -0.39 is 0 Å². The maximum atomic E-state index is 1.56. The molecule has 0 heterocycles. The minimum atomic E-state index is 0. The van der Waals surface area contributed by atoms with Crippen LogP contribution in [0, 0.1) is 0 Å². The highest BCUT2D eigenvalue weighted by Crippen LogP contribution is 2.43. The van der Waals surface area contributed by atoms with Crippen molar-refractivity contribution in [1.29, 1.82) is 0 Å². The van der Waals surface area contributed by atoms with Crippen molar-refractivity contribution in [3.05, 3.63) is 0 Å². The molecule has 2 aliphatic rings. The van der Waals surface area contributed by atoms with E-state index in [2.05, 4.69) is 0 Å². The first kappa shape index (κ1) is 10.8. The number of halogens is 1. The molecule has 2 fully saturated rings. The van der Waals surface area contributed by atoms with Gasteiger partial charge in [-0.05, 0) is 37.0 Å². The summed E-state index contributed by atoms with van der Waals surface area (Å²) in [5.41, 5.74) is 2.33. The molecule has 0 unspecified atom stereocenters. The molecular weight excluding hydrogens is 187 g/mol. The summed E-state index contributed by atoms with van der Waals surface area (Å²) in [6, 6.07) is 0. The Hall–Kier alpha value is 0.720. The van der Waals surface area contributed by atoms with Gasteiger partial charge in [-0.3, -0.25) is 0 Å². The Morgan fingerprint density at radius 2 is 1.00 bits per heavy atom. The lowest BCUT2D eigenvalue weighted by molar-refractivity contribution is -0.00000226. The van der Waals surface area contributed by atoms with Crippen LogP contribution in [0.4, 0.5) is 0 Å². The maximum Gasteiger partial charge on any atom is -0.0234 e. The average Bonchev–Trinajstić information content (AvgIpc) is 2.60. The molecule has 0 aromatic heterocycles. The first-order chi connectivity index (χ1) is 5.45. The standard InChI is InChI=1S/C10H19P.ClH/c1-2-6-9(5-1)11-10-7-3-4-8-10;/h9-11H,1-8H2;1H/p-1. The third kappa shape index (κ3) is 2.89. The minimum Gasteiger partial charge on any atom is -1.00 e. The van der Waals surface area contributed by atoms with Crippen molar-refractivity contribution in [2.45, 2.75) is 62.7 Å². The largest absolute Gasteiger partial charge is 1.00 e. The van der Waals surface area contributed by atoms with Crippen LogP contribution in [0.15, 0.2) is 0 Å². The Morgan fingerprint density at radius 1 is 0.667 bits per heavy atom. The zero-order valence-electron chi connectivity index (χ0n) is 7.69. The Morgan fingerprint density at radius 3 is 1.33 bits per heavy atom.